The minimum absolute atomic E-state index is 0.121. The molecular formula is C11H16ClFN2O2S. The molecule has 0 aliphatic heterocycles. The largest absolute Gasteiger partial charge is 0.315 e. The van der Waals surface area contributed by atoms with E-state index in [9.17, 15) is 12.8 Å². The second kappa shape index (κ2) is 7.04. The predicted molar refractivity (Wildman–Crippen MR) is 69.8 cm³/mol. The summed E-state index contributed by atoms with van der Waals surface area (Å²) in [7, 11) is -3.91. The summed E-state index contributed by atoms with van der Waals surface area (Å²) in [5.41, 5.74) is 0. The van der Waals surface area contributed by atoms with Gasteiger partial charge in [-0.3, -0.25) is 0 Å². The monoisotopic (exact) mass is 294 g/mol. The first kappa shape index (κ1) is 15.4. The van der Waals surface area contributed by atoms with Gasteiger partial charge in [0.1, 0.15) is 10.7 Å². The summed E-state index contributed by atoms with van der Waals surface area (Å²) in [6, 6.07) is 3.77. The van der Waals surface area contributed by atoms with Crippen molar-refractivity contribution in [2.75, 3.05) is 19.6 Å². The van der Waals surface area contributed by atoms with E-state index in [1.807, 2.05) is 6.92 Å². The molecule has 0 saturated heterocycles. The van der Waals surface area contributed by atoms with E-state index in [1.165, 1.54) is 12.1 Å². The van der Waals surface area contributed by atoms with Gasteiger partial charge < -0.3 is 5.32 Å². The zero-order valence-corrected chi connectivity index (χ0v) is 11.6. The molecule has 0 aliphatic carbocycles. The molecule has 18 heavy (non-hydrogen) atoms. The molecule has 0 bridgehead atoms. The summed E-state index contributed by atoms with van der Waals surface area (Å²) in [5, 5.41) is 2.91. The Morgan fingerprint density at radius 1 is 1.28 bits per heavy atom. The topological polar surface area (TPSA) is 58.2 Å². The van der Waals surface area contributed by atoms with Gasteiger partial charge in [0, 0.05) is 13.1 Å². The van der Waals surface area contributed by atoms with Crippen LogP contribution in [-0.4, -0.2) is 28.1 Å². The minimum atomic E-state index is -3.91. The summed E-state index contributed by atoms with van der Waals surface area (Å²) in [4.78, 5) is -0.498. The van der Waals surface area contributed by atoms with Gasteiger partial charge in [-0.25, -0.2) is 17.5 Å². The van der Waals surface area contributed by atoms with Gasteiger partial charge in [0.05, 0.1) is 5.02 Å². The fourth-order valence-corrected chi connectivity index (χ4v) is 3.02. The maximum absolute atomic E-state index is 13.5. The van der Waals surface area contributed by atoms with E-state index in [-0.39, 0.29) is 11.6 Å². The Hall–Kier alpha value is -0.690. The van der Waals surface area contributed by atoms with Crippen LogP contribution in [0.1, 0.15) is 13.3 Å². The highest BCUT2D eigenvalue weighted by molar-refractivity contribution is 7.89. The van der Waals surface area contributed by atoms with Crippen LogP contribution in [0.3, 0.4) is 0 Å². The van der Waals surface area contributed by atoms with Gasteiger partial charge in [-0.15, -0.1) is 0 Å². The zero-order valence-electron chi connectivity index (χ0n) is 10.0. The van der Waals surface area contributed by atoms with Gasteiger partial charge in [-0.1, -0.05) is 24.6 Å². The molecule has 0 aliphatic rings. The standard InChI is InChI=1S/C11H16ClFN2O2S/c1-2-6-14-7-8-15-18(16,17)11-9(12)4-3-5-10(11)13/h3-5,14-15H,2,6-8H2,1H3. The third kappa shape index (κ3) is 4.20. The summed E-state index contributed by atoms with van der Waals surface area (Å²) in [5.74, 6) is -0.850. The lowest BCUT2D eigenvalue weighted by molar-refractivity contribution is 0.554. The molecule has 0 saturated carbocycles. The average Bonchev–Trinajstić information content (AvgIpc) is 2.28. The normalized spacial score (nSPS) is 11.7. The smallest absolute Gasteiger partial charge is 0.245 e. The van der Waals surface area contributed by atoms with Crippen molar-refractivity contribution in [3.8, 4) is 0 Å². The van der Waals surface area contributed by atoms with Crippen LogP contribution in [0.25, 0.3) is 0 Å². The van der Waals surface area contributed by atoms with Crippen molar-refractivity contribution in [1.29, 1.82) is 0 Å². The first-order chi connectivity index (χ1) is 8.49. The number of nitrogens with one attached hydrogen (secondary N) is 2. The second-order valence-corrected chi connectivity index (χ2v) is 5.81. The summed E-state index contributed by atoms with van der Waals surface area (Å²) >= 11 is 5.70. The van der Waals surface area contributed by atoms with Crippen molar-refractivity contribution in [2.24, 2.45) is 0 Å². The van der Waals surface area contributed by atoms with E-state index < -0.39 is 20.7 Å². The van der Waals surface area contributed by atoms with E-state index >= 15 is 0 Å². The third-order valence-electron chi connectivity index (χ3n) is 2.21. The SMILES string of the molecule is CCCNCCNS(=O)(=O)c1c(F)cccc1Cl. The van der Waals surface area contributed by atoms with Gasteiger partial charge in [-0.2, -0.15) is 0 Å². The van der Waals surface area contributed by atoms with Crippen LogP contribution in [0.2, 0.25) is 5.02 Å². The molecule has 0 atom stereocenters. The van der Waals surface area contributed by atoms with Crippen molar-refractivity contribution in [2.45, 2.75) is 18.2 Å². The predicted octanol–water partition coefficient (Wildman–Crippen LogP) is 1.76. The molecule has 0 amide bonds. The number of rotatable bonds is 7. The molecule has 4 nitrogen and oxygen atoms in total. The first-order valence-corrected chi connectivity index (χ1v) is 7.49. The fourth-order valence-electron chi connectivity index (χ4n) is 1.39. The lowest BCUT2D eigenvalue weighted by atomic mass is 10.3. The third-order valence-corrected chi connectivity index (χ3v) is 4.17. The molecule has 1 rings (SSSR count). The van der Waals surface area contributed by atoms with Crippen LogP contribution in [0.5, 0.6) is 0 Å². The number of sulfonamides is 1. The number of hydrogen-bond acceptors (Lipinski definition) is 3. The fraction of sp³-hybridized carbons (Fsp3) is 0.455. The lowest BCUT2D eigenvalue weighted by Crippen LogP contribution is -2.32. The molecule has 0 heterocycles. The van der Waals surface area contributed by atoms with E-state index in [0.29, 0.717) is 6.54 Å². The van der Waals surface area contributed by atoms with Gasteiger partial charge >= 0.3 is 0 Å². The lowest BCUT2D eigenvalue weighted by Gasteiger charge is -2.09. The molecule has 1 aromatic carbocycles. The minimum Gasteiger partial charge on any atom is -0.315 e. The molecule has 0 fully saturated rings. The summed E-state index contributed by atoms with van der Waals surface area (Å²) in [6.07, 6.45) is 0.964. The molecule has 0 spiro atoms. The molecule has 1 aromatic rings. The Kier molecular flexibility index (Phi) is 6.01. The molecule has 0 radical (unpaired) electrons. The highest BCUT2D eigenvalue weighted by Crippen LogP contribution is 2.23. The maximum Gasteiger partial charge on any atom is 0.245 e. The Balaban J connectivity index is 2.69. The van der Waals surface area contributed by atoms with Gasteiger partial charge in [-0.05, 0) is 25.1 Å². The molecule has 0 aromatic heterocycles. The quantitative estimate of drug-likeness (QED) is 0.754. The van der Waals surface area contributed by atoms with E-state index in [2.05, 4.69) is 10.0 Å². The molecule has 102 valence electrons. The van der Waals surface area contributed by atoms with Crippen LogP contribution < -0.4 is 10.0 Å². The van der Waals surface area contributed by atoms with Crippen LogP contribution in [0.15, 0.2) is 23.1 Å². The van der Waals surface area contributed by atoms with Crippen molar-refractivity contribution in [3.63, 3.8) is 0 Å². The molecule has 2 N–H and O–H groups in total. The second-order valence-electron chi connectivity index (χ2n) is 3.70. The van der Waals surface area contributed by atoms with Crippen LogP contribution in [0.4, 0.5) is 4.39 Å². The van der Waals surface area contributed by atoms with Crippen molar-refractivity contribution in [1.82, 2.24) is 10.0 Å². The van der Waals surface area contributed by atoms with Gasteiger partial charge in [0.25, 0.3) is 0 Å². The zero-order chi connectivity index (χ0) is 13.6. The van der Waals surface area contributed by atoms with Crippen molar-refractivity contribution in [3.05, 3.63) is 29.0 Å². The van der Waals surface area contributed by atoms with Gasteiger partial charge in [0.15, 0.2) is 0 Å². The Bertz CT molecular complexity index is 474. The summed E-state index contributed by atoms with van der Waals surface area (Å²) in [6.45, 7) is 3.49. The number of benzene rings is 1. The van der Waals surface area contributed by atoms with E-state index in [1.54, 1.807) is 0 Å². The summed E-state index contributed by atoms with van der Waals surface area (Å²) < 4.78 is 39.4. The number of halogens is 2. The first-order valence-electron chi connectivity index (χ1n) is 5.63. The van der Waals surface area contributed by atoms with Crippen molar-refractivity contribution < 1.29 is 12.8 Å². The highest BCUT2D eigenvalue weighted by atomic mass is 35.5. The molecule has 7 heteroatoms. The highest BCUT2D eigenvalue weighted by Gasteiger charge is 2.21. The van der Waals surface area contributed by atoms with E-state index in [4.69, 9.17) is 11.6 Å². The molecule has 0 unspecified atom stereocenters. The Morgan fingerprint density at radius 2 is 2.00 bits per heavy atom. The van der Waals surface area contributed by atoms with Crippen molar-refractivity contribution >= 4 is 21.6 Å². The maximum atomic E-state index is 13.5. The van der Waals surface area contributed by atoms with Crippen LogP contribution >= 0.6 is 11.6 Å². The molecular weight excluding hydrogens is 279 g/mol. The van der Waals surface area contributed by atoms with Crippen LogP contribution in [-0.2, 0) is 10.0 Å². The van der Waals surface area contributed by atoms with E-state index in [0.717, 1.165) is 19.0 Å². The van der Waals surface area contributed by atoms with Crippen LogP contribution in [0, 0.1) is 5.82 Å². The number of hydrogen-bond donors (Lipinski definition) is 2. The Labute approximate surface area is 112 Å². The Morgan fingerprint density at radius 3 is 2.61 bits per heavy atom. The van der Waals surface area contributed by atoms with Gasteiger partial charge in [0.2, 0.25) is 10.0 Å². The average molecular weight is 295 g/mol.